The number of hydrogen-bond acceptors (Lipinski definition) is 5. The fraction of sp³-hybridized carbons (Fsp3) is 0.191. The van der Waals surface area contributed by atoms with E-state index in [-0.39, 0.29) is 5.75 Å². The maximum atomic E-state index is 11.4. The fourth-order valence-electron chi connectivity index (χ4n) is 7.49. The molecule has 0 aliphatic carbocycles. The van der Waals surface area contributed by atoms with Crippen LogP contribution in [0.25, 0.3) is 77.3 Å². The second-order valence-corrected chi connectivity index (χ2v) is 13.6. The van der Waals surface area contributed by atoms with Gasteiger partial charge in [-0.25, -0.2) is 9.97 Å². The van der Waals surface area contributed by atoms with Crippen molar-refractivity contribution >= 4 is 32.3 Å². The Balaban J connectivity index is 1.26. The predicted octanol–water partition coefficient (Wildman–Crippen LogP) is 12.4. The van der Waals surface area contributed by atoms with Crippen molar-refractivity contribution in [3.8, 4) is 62.3 Å². The van der Waals surface area contributed by atoms with Gasteiger partial charge in [-0.2, -0.15) is 0 Å². The van der Waals surface area contributed by atoms with Crippen molar-refractivity contribution in [2.75, 3.05) is 13.7 Å². The first-order chi connectivity index (χ1) is 25.6. The van der Waals surface area contributed by atoms with E-state index in [1.807, 2.05) is 48.5 Å². The zero-order chi connectivity index (χ0) is 35.6. The monoisotopic (exact) mass is 682 g/mol. The van der Waals surface area contributed by atoms with Crippen molar-refractivity contribution in [1.82, 2.24) is 9.97 Å². The highest BCUT2D eigenvalue weighted by Crippen LogP contribution is 2.44. The van der Waals surface area contributed by atoms with E-state index in [1.54, 1.807) is 13.2 Å². The van der Waals surface area contributed by atoms with Gasteiger partial charge in [0.15, 0.2) is 5.82 Å². The number of methoxy groups -OCH3 is 1. The third-order valence-corrected chi connectivity index (χ3v) is 10.4. The van der Waals surface area contributed by atoms with Crippen LogP contribution < -0.4 is 9.47 Å². The number of rotatable bonds is 12. The van der Waals surface area contributed by atoms with Crippen LogP contribution in [0.15, 0.2) is 127 Å². The number of aromatic nitrogens is 2. The number of nitrogens with zero attached hydrogens (tertiary/aromatic N) is 2. The summed E-state index contributed by atoms with van der Waals surface area (Å²) in [7, 11) is 1.72. The minimum atomic E-state index is 0.127. The lowest BCUT2D eigenvalue weighted by Gasteiger charge is -2.18. The second-order valence-electron chi connectivity index (χ2n) is 13.6. The van der Waals surface area contributed by atoms with E-state index >= 15 is 0 Å². The summed E-state index contributed by atoms with van der Waals surface area (Å²) in [4.78, 5) is 10.3. The summed E-state index contributed by atoms with van der Waals surface area (Å²) in [6.45, 7) is 5.07. The van der Waals surface area contributed by atoms with Gasteiger partial charge in [-0.15, -0.1) is 0 Å². The normalized spacial score (nSPS) is 12.1. The number of benzene rings is 7. The first-order valence-corrected chi connectivity index (χ1v) is 18.3. The molecular weight excluding hydrogens is 641 g/mol. The van der Waals surface area contributed by atoms with Crippen LogP contribution in [-0.4, -0.2) is 28.8 Å². The molecule has 0 saturated carbocycles. The van der Waals surface area contributed by atoms with Crippen LogP contribution in [0.1, 0.15) is 39.5 Å². The summed E-state index contributed by atoms with van der Waals surface area (Å²) in [6.07, 6.45) is 4.59. The molecule has 0 fully saturated rings. The van der Waals surface area contributed by atoms with Gasteiger partial charge < -0.3 is 14.6 Å². The summed E-state index contributed by atoms with van der Waals surface area (Å²) in [6, 6.07) is 43.3. The highest BCUT2D eigenvalue weighted by Gasteiger charge is 2.19. The molecule has 0 amide bonds. The van der Waals surface area contributed by atoms with Gasteiger partial charge in [0.25, 0.3) is 0 Å². The molecule has 1 aromatic heterocycles. The second kappa shape index (κ2) is 14.4. The number of para-hydroxylation sites is 1. The van der Waals surface area contributed by atoms with E-state index in [0.717, 1.165) is 57.3 Å². The van der Waals surface area contributed by atoms with Crippen LogP contribution in [-0.2, 0) is 0 Å². The smallest absolute Gasteiger partial charge is 0.161 e. The molecule has 0 aliphatic rings. The van der Waals surface area contributed by atoms with Gasteiger partial charge in [-0.1, -0.05) is 124 Å². The molecule has 1 atom stereocenters. The van der Waals surface area contributed by atoms with Gasteiger partial charge in [0.1, 0.15) is 17.2 Å². The summed E-state index contributed by atoms with van der Waals surface area (Å²) in [5.74, 6) is 2.73. The van der Waals surface area contributed by atoms with Crippen molar-refractivity contribution in [3.05, 3.63) is 127 Å². The number of unbranched alkanes of at least 4 members (excludes halogenated alkanes) is 1. The number of hydrogen-bond donors (Lipinski definition) is 1. The van der Waals surface area contributed by atoms with Gasteiger partial charge in [-0.3, -0.25) is 0 Å². The van der Waals surface area contributed by atoms with Crippen LogP contribution in [0.4, 0.5) is 0 Å². The zero-order valence-electron chi connectivity index (χ0n) is 29.9. The van der Waals surface area contributed by atoms with Crippen LogP contribution in [0.2, 0.25) is 0 Å². The van der Waals surface area contributed by atoms with E-state index < -0.39 is 0 Å². The molecule has 1 N–H and O–H groups in total. The fourth-order valence-corrected chi connectivity index (χ4v) is 7.49. The highest BCUT2D eigenvalue weighted by atomic mass is 16.5. The number of phenols is 1. The maximum Gasteiger partial charge on any atom is 0.161 e. The zero-order valence-corrected chi connectivity index (χ0v) is 29.9. The highest BCUT2D eigenvalue weighted by molar-refractivity contribution is 6.27. The summed E-state index contributed by atoms with van der Waals surface area (Å²) < 4.78 is 11.9. The Morgan fingerprint density at radius 1 is 0.635 bits per heavy atom. The molecule has 258 valence electrons. The molecule has 8 aromatic rings. The van der Waals surface area contributed by atoms with Gasteiger partial charge in [0.2, 0.25) is 0 Å². The maximum absolute atomic E-state index is 11.4. The first kappa shape index (κ1) is 33.2. The lowest BCUT2D eigenvalue weighted by Crippen LogP contribution is -2.11. The summed E-state index contributed by atoms with van der Waals surface area (Å²) in [5, 5.41) is 18.3. The molecule has 0 saturated heterocycles. The Morgan fingerprint density at radius 2 is 1.29 bits per heavy atom. The van der Waals surface area contributed by atoms with Gasteiger partial charge >= 0.3 is 0 Å². The number of aromatic hydroxyl groups is 1. The van der Waals surface area contributed by atoms with Crippen molar-refractivity contribution < 1.29 is 14.6 Å². The largest absolute Gasteiger partial charge is 0.507 e. The van der Waals surface area contributed by atoms with E-state index in [1.165, 1.54) is 34.4 Å². The van der Waals surface area contributed by atoms with Crippen LogP contribution in [0, 0.1) is 5.92 Å². The first-order valence-electron chi connectivity index (χ1n) is 18.3. The minimum Gasteiger partial charge on any atom is -0.507 e. The molecule has 0 spiro atoms. The summed E-state index contributed by atoms with van der Waals surface area (Å²) >= 11 is 0. The molecule has 7 aromatic carbocycles. The topological polar surface area (TPSA) is 64.5 Å². The van der Waals surface area contributed by atoms with Crippen LogP contribution in [0.3, 0.4) is 0 Å². The van der Waals surface area contributed by atoms with E-state index in [4.69, 9.17) is 19.4 Å². The van der Waals surface area contributed by atoms with Crippen molar-refractivity contribution in [2.45, 2.75) is 39.5 Å². The number of phenolic OH excluding ortho intramolecular Hbond substituents is 1. The summed E-state index contributed by atoms with van der Waals surface area (Å²) in [5.41, 5.74) is 6.15. The Morgan fingerprint density at radius 3 is 2.00 bits per heavy atom. The molecule has 0 radical (unpaired) electrons. The Bertz CT molecular complexity index is 2510. The molecule has 1 unspecified atom stereocenters. The average molecular weight is 683 g/mol. The van der Waals surface area contributed by atoms with Crippen LogP contribution >= 0.6 is 0 Å². The van der Waals surface area contributed by atoms with Gasteiger partial charge in [-0.05, 0) is 80.6 Å². The van der Waals surface area contributed by atoms with Crippen molar-refractivity contribution in [3.63, 3.8) is 0 Å². The third kappa shape index (κ3) is 6.17. The minimum absolute atomic E-state index is 0.127. The van der Waals surface area contributed by atoms with Crippen LogP contribution in [0.5, 0.6) is 17.2 Å². The van der Waals surface area contributed by atoms with Gasteiger partial charge in [0.05, 0.1) is 25.1 Å². The van der Waals surface area contributed by atoms with E-state index in [9.17, 15) is 5.11 Å². The van der Waals surface area contributed by atoms with Crippen molar-refractivity contribution in [2.24, 2.45) is 5.92 Å². The molecule has 5 nitrogen and oxygen atoms in total. The number of ether oxygens (including phenoxy) is 2. The van der Waals surface area contributed by atoms with E-state index in [2.05, 4.69) is 86.6 Å². The third-order valence-electron chi connectivity index (χ3n) is 10.4. The Labute approximate surface area is 304 Å². The average Bonchev–Trinajstić information content (AvgIpc) is 3.20. The quantitative estimate of drug-likeness (QED) is 0.130. The molecule has 0 aliphatic heterocycles. The standard InChI is InChI=1S/C47H42N2O3/c1-4-6-12-30(5-2)29-52-34-21-26-40(43(50)27-34)42-28-41(31-13-8-7-9-14-31)48-47(49-42)39-25-20-33-18-23-37-35(36-15-10-11-16-44(36)51-3)22-17-32-19-24-38(39)46(33)45(32)37/h7-11,13-28,30,50H,4-6,12,29H2,1-3H3. The molecule has 52 heavy (non-hydrogen) atoms. The van der Waals surface area contributed by atoms with Gasteiger partial charge in [0, 0.05) is 28.3 Å². The Kier molecular flexibility index (Phi) is 9.17. The lowest BCUT2D eigenvalue weighted by molar-refractivity contribution is 0.232. The molecule has 5 heteroatoms. The molecule has 0 bridgehead atoms. The Hall–Kier alpha value is -5.94. The lowest BCUT2D eigenvalue weighted by atomic mass is 9.88. The SMILES string of the molecule is CCCCC(CC)COc1ccc(-c2cc(-c3ccccc3)nc(-c3ccc4ccc5c(-c6ccccc6OC)ccc6ccc3c4c65)n2)c(O)c1. The molecular formula is C47H42N2O3. The molecule has 8 rings (SSSR count). The predicted molar refractivity (Wildman–Crippen MR) is 214 cm³/mol. The van der Waals surface area contributed by atoms with E-state index in [0.29, 0.717) is 35.4 Å². The van der Waals surface area contributed by atoms with Crippen molar-refractivity contribution in [1.29, 1.82) is 0 Å². The molecule has 1 heterocycles.